The Morgan fingerprint density at radius 1 is 1.58 bits per heavy atom. The highest BCUT2D eigenvalue weighted by atomic mass is 32.1. The second-order valence-corrected chi connectivity index (χ2v) is 6.49. The molecule has 0 amide bonds. The lowest BCUT2D eigenvalue weighted by Crippen LogP contribution is -2.26. The molecule has 2 heterocycles. The average molecular weight is 277 g/mol. The molecule has 0 saturated carbocycles. The maximum Gasteiger partial charge on any atom is 0.135 e. The smallest absolute Gasteiger partial charge is 0.135 e. The second-order valence-electron chi connectivity index (χ2n) is 5.63. The molecule has 2 rings (SSSR count). The topological polar surface area (TPSA) is 60.2 Å². The Hall–Kier alpha value is -1.62. The van der Waals surface area contributed by atoms with Crippen LogP contribution >= 0.6 is 11.3 Å². The lowest BCUT2D eigenvalue weighted by molar-refractivity contribution is 0.362. The number of thiazole rings is 1. The Kier molecular flexibility index (Phi) is 3.49. The molecular weight excluding hydrogens is 258 g/mol. The fourth-order valence-corrected chi connectivity index (χ4v) is 3.02. The number of hydrogen-bond donors (Lipinski definition) is 2. The van der Waals surface area contributed by atoms with Crippen LogP contribution in [0.4, 0.5) is 0 Å². The van der Waals surface area contributed by atoms with Crippen molar-refractivity contribution in [3.8, 4) is 0 Å². The summed E-state index contributed by atoms with van der Waals surface area (Å²) in [5, 5.41) is 20.9. The Morgan fingerprint density at radius 2 is 2.26 bits per heavy atom. The van der Waals surface area contributed by atoms with Gasteiger partial charge in [0.25, 0.3) is 0 Å². The standard InChI is InChI=1S/C14H19N3OS/c1-5-6-17-7-9(18)11(12(17)15)13-16-10(8-19-13)14(2,3)4/h5,8,15,18H,1,6-7H2,2-4H3. The predicted octanol–water partition coefficient (Wildman–Crippen LogP) is 3.19. The van der Waals surface area contributed by atoms with Crippen LogP contribution in [0.5, 0.6) is 0 Å². The molecule has 102 valence electrons. The fourth-order valence-electron chi connectivity index (χ4n) is 1.90. The number of aliphatic hydroxyl groups excluding tert-OH is 1. The van der Waals surface area contributed by atoms with Crippen LogP contribution < -0.4 is 0 Å². The van der Waals surface area contributed by atoms with E-state index in [1.54, 1.807) is 11.0 Å². The van der Waals surface area contributed by atoms with Gasteiger partial charge in [0.2, 0.25) is 0 Å². The minimum absolute atomic E-state index is 0.0213. The highest BCUT2D eigenvalue weighted by Gasteiger charge is 2.30. The molecule has 1 aliphatic heterocycles. The minimum Gasteiger partial charge on any atom is -0.510 e. The average Bonchev–Trinajstić information content (AvgIpc) is 2.85. The van der Waals surface area contributed by atoms with Gasteiger partial charge in [-0.2, -0.15) is 0 Å². The molecule has 0 fully saturated rings. The fraction of sp³-hybridized carbons (Fsp3) is 0.429. The van der Waals surface area contributed by atoms with Crippen molar-refractivity contribution >= 4 is 22.7 Å². The summed E-state index contributed by atoms with van der Waals surface area (Å²) in [6.07, 6.45) is 1.73. The predicted molar refractivity (Wildman–Crippen MR) is 79.9 cm³/mol. The highest BCUT2D eigenvalue weighted by molar-refractivity contribution is 7.11. The van der Waals surface area contributed by atoms with Crippen LogP contribution in [0.1, 0.15) is 31.5 Å². The van der Waals surface area contributed by atoms with E-state index in [-0.39, 0.29) is 11.2 Å². The summed E-state index contributed by atoms with van der Waals surface area (Å²) in [4.78, 5) is 6.34. The summed E-state index contributed by atoms with van der Waals surface area (Å²) < 4.78 is 0. The first-order valence-corrected chi connectivity index (χ1v) is 7.06. The molecule has 0 radical (unpaired) electrons. The van der Waals surface area contributed by atoms with Crippen molar-refractivity contribution in [3.63, 3.8) is 0 Å². The summed E-state index contributed by atoms with van der Waals surface area (Å²) in [5.41, 5.74) is 1.53. The van der Waals surface area contributed by atoms with Gasteiger partial charge in [-0.15, -0.1) is 17.9 Å². The number of aliphatic hydroxyl groups is 1. The number of hydrogen-bond acceptors (Lipinski definition) is 4. The SMILES string of the molecule is C=CCN1CC(O)=C(c2nc(C(C)(C)C)cs2)C1=N. The third-order valence-electron chi connectivity index (χ3n) is 3.02. The maximum absolute atomic E-state index is 10.1. The monoisotopic (exact) mass is 277 g/mol. The minimum atomic E-state index is -0.0213. The van der Waals surface area contributed by atoms with E-state index >= 15 is 0 Å². The van der Waals surface area contributed by atoms with Gasteiger partial charge in [0.05, 0.1) is 17.8 Å². The molecule has 0 atom stereocenters. The molecule has 19 heavy (non-hydrogen) atoms. The Balaban J connectivity index is 2.32. The lowest BCUT2D eigenvalue weighted by atomic mass is 9.93. The maximum atomic E-state index is 10.1. The van der Waals surface area contributed by atoms with Crippen LogP contribution in [-0.2, 0) is 5.41 Å². The molecule has 5 heteroatoms. The van der Waals surface area contributed by atoms with E-state index in [9.17, 15) is 5.11 Å². The third-order valence-corrected chi connectivity index (χ3v) is 3.88. The van der Waals surface area contributed by atoms with Crippen molar-refractivity contribution < 1.29 is 5.11 Å². The molecule has 4 nitrogen and oxygen atoms in total. The van der Waals surface area contributed by atoms with Crippen LogP contribution in [0.15, 0.2) is 23.8 Å². The van der Waals surface area contributed by atoms with Gasteiger partial charge in [-0.3, -0.25) is 5.41 Å². The Labute approximate surface area is 117 Å². The molecule has 1 aromatic heterocycles. The third kappa shape index (κ3) is 2.56. The van der Waals surface area contributed by atoms with Gasteiger partial charge < -0.3 is 10.0 Å². The number of amidine groups is 1. The van der Waals surface area contributed by atoms with Gasteiger partial charge in [0, 0.05) is 17.3 Å². The van der Waals surface area contributed by atoms with Crippen LogP contribution in [0.2, 0.25) is 0 Å². The van der Waals surface area contributed by atoms with Gasteiger partial charge >= 0.3 is 0 Å². The first-order valence-electron chi connectivity index (χ1n) is 6.18. The van der Waals surface area contributed by atoms with E-state index in [4.69, 9.17) is 5.41 Å². The van der Waals surface area contributed by atoms with E-state index in [1.807, 2.05) is 5.38 Å². The van der Waals surface area contributed by atoms with Crippen LogP contribution in [0, 0.1) is 5.41 Å². The molecule has 0 spiro atoms. The van der Waals surface area contributed by atoms with Crippen LogP contribution in [0.25, 0.3) is 5.57 Å². The largest absolute Gasteiger partial charge is 0.510 e. The van der Waals surface area contributed by atoms with Crippen LogP contribution in [-0.4, -0.2) is 33.9 Å². The molecular formula is C14H19N3OS. The summed E-state index contributed by atoms with van der Waals surface area (Å²) >= 11 is 1.48. The summed E-state index contributed by atoms with van der Waals surface area (Å²) in [5.74, 6) is 0.550. The van der Waals surface area contributed by atoms with Gasteiger partial charge in [0.1, 0.15) is 16.6 Å². The van der Waals surface area contributed by atoms with Crippen molar-refractivity contribution in [3.05, 3.63) is 34.5 Å². The highest BCUT2D eigenvalue weighted by Crippen LogP contribution is 2.32. The van der Waals surface area contributed by atoms with Crippen LogP contribution in [0.3, 0.4) is 0 Å². The first-order chi connectivity index (χ1) is 8.84. The van der Waals surface area contributed by atoms with Gasteiger partial charge in [-0.05, 0) is 0 Å². The zero-order chi connectivity index (χ0) is 14.2. The van der Waals surface area contributed by atoms with Crippen molar-refractivity contribution in [2.45, 2.75) is 26.2 Å². The molecule has 1 aliphatic rings. The van der Waals surface area contributed by atoms with E-state index in [0.29, 0.717) is 24.5 Å². The number of nitrogens with one attached hydrogen (secondary N) is 1. The molecule has 2 N–H and O–H groups in total. The van der Waals surface area contributed by atoms with E-state index in [1.165, 1.54) is 11.3 Å². The number of rotatable bonds is 3. The van der Waals surface area contributed by atoms with Crippen molar-refractivity contribution in [1.82, 2.24) is 9.88 Å². The quantitative estimate of drug-likeness (QED) is 0.834. The summed E-state index contributed by atoms with van der Waals surface area (Å²) in [7, 11) is 0. The summed E-state index contributed by atoms with van der Waals surface area (Å²) in [6.45, 7) is 10.9. The summed E-state index contributed by atoms with van der Waals surface area (Å²) in [6, 6.07) is 0. The first kappa shape index (κ1) is 13.8. The van der Waals surface area contributed by atoms with Gasteiger partial charge in [0.15, 0.2) is 0 Å². The van der Waals surface area contributed by atoms with E-state index < -0.39 is 0 Å². The molecule has 0 saturated heterocycles. The second kappa shape index (κ2) is 4.81. The van der Waals surface area contributed by atoms with Gasteiger partial charge in [-0.1, -0.05) is 26.8 Å². The van der Waals surface area contributed by atoms with Crippen molar-refractivity contribution in [2.24, 2.45) is 0 Å². The normalized spacial score (nSPS) is 16.4. The van der Waals surface area contributed by atoms with Crippen molar-refractivity contribution in [2.75, 3.05) is 13.1 Å². The Morgan fingerprint density at radius 3 is 2.79 bits per heavy atom. The molecule has 0 aliphatic carbocycles. The van der Waals surface area contributed by atoms with E-state index in [2.05, 4.69) is 32.3 Å². The van der Waals surface area contributed by atoms with Gasteiger partial charge in [-0.25, -0.2) is 4.98 Å². The molecule has 0 unspecified atom stereocenters. The zero-order valence-electron chi connectivity index (χ0n) is 11.5. The molecule has 0 bridgehead atoms. The number of nitrogens with zero attached hydrogens (tertiary/aromatic N) is 2. The number of aromatic nitrogens is 1. The molecule has 0 aromatic carbocycles. The zero-order valence-corrected chi connectivity index (χ0v) is 12.3. The van der Waals surface area contributed by atoms with E-state index in [0.717, 1.165) is 10.7 Å². The van der Waals surface area contributed by atoms with Crippen molar-refractivity contribution in [1.29, 1.82) is 5.41 Å². The Bertz CT molecular complexity index is 551. The lowest BCUT2D eigenvalue weighted by Gasteiger charge is -2.16. The molecule has 1 aromatic rings.